The second kappa shape index (κ2) is 20.5. The monoisotopic (exact) mass is 610 g/mol. The third-order valence-corrected chi connectivity index (χ3v) is 5.82. The maximum Gasteiger partial charge on any atom is 0.458 e. The first-order chi connectivity index (χ1) is 21.0. The average molecular weight is 611 g/mol. The van der Waals surface area contributed by atoms with Gasteiger partial charge in [-0.3, -0.25) is 4.79 Å². The Balaban J connectivity index is 0. The summed E-state index contributed by atoms with van der Waals surface area (Å²) in [5.74, 6) is 10.9. The second-order valence-electron chi connectivity index (χ2n) is 9.49. The third kappa shape index (κ3) is 15.2. The topological polar surface area (TPSA) is 35.5 Å². The summed E-state index contributed by atoms with van der Waals surface area (Å²) in [5.41, 5.74) is 4.97. The van der Waals surface area contributed by atoms with Gasteiger partial charge in [0.15, 0.2) is 5.78 Å². The van der Waals surface area contributed by atoms with Crippen LogP contribution in [0.4, 0.5) is 17.6 Å². The molecule has 0 radical (unpaired) electrons. The first-order valence-electron chi connectivity index (χ1n) is 14.0. The van der Waals surface area contributed by atoms with Crippen molar-refractivity contribution in [2.75, 3.05) is 21.0 Å². The first kappa shape index (κ1) is 37.7. The molecule has 3 nitrogen and oxygen atoms in total. The predicted octanol–water partition coefficient (Wildman–Crippen LogP) is 8.71. The summed E-state index contributed by atoms with van der Waals surface area (Å²) in [6.45, 7) is 6.40. The van der Waals surface area contributed by atoms with E-state index in [4.69, 9.17) is 6.42 Å². The number of halogens is 4. The lowest BCUT2D eigenvalue weighted by molar-refractivity contribution is -0.118. The molecule has 0 aliphatic carbocycles. The molecule has 3 rings (SSSR count). The average Bonchev–Trinajstić information content (AvgIpc) is 2.99. The third-order valence-electron chi connectivity index (χ3n) is 5.82. The van der Waals surface area contributed by atoms with Crippen molar-refractivity contribution in [1.29, 1.82) is 0 Å². The SMILES string of the molecule is C#CC(C(=O)Cc1ccc(C)c(C#CCC)c1)c1ccc(F)cc1.CCCc1cccc(C#CC(F)(F)F)c1.COCOC.[HH].[HH]. The summed E-state index contributed by atoms with van der Waals surface area (Å²) in [7, 11) is 3.17. The Morgan fingerprint density at radius 2 is 1.64 bits per heavy atom. The van der Waals surface area contributed by atoms with Crippen molar-refractivity contribution >= 4 is 5.78 Å². The molecule has 236 valence electrons. The van der Waals surface area contributed by atoms with E-state index in [0.29, 0.717) is 17.9 Å². The van der Waals surface area contributed by atoms with Crippen LogP contribution >= 0.6 is 0 Å². The minimum absolute atomic E-state index is 0. The highest BCUT2D eigenvalue weighted by molar-refractivity contribution is 5.90. The Bertz CT molecular complexity index is 1490. The van der Waals surface area contributed by atoms with Crippen molar-refractivity contribution in [3.05, 3.63) is 106 Å². The number of hydrogen-bond donors (Lipinski definition) is 0. The number of rotatable bonds is 8. The fourth-order valence-electron chi connectivity index (χ4n) is 3.79. The normalized spacial score (nSPS) is 10.6. The van der Waals surface area contributed by atoms with Gasteiger partial charge >= 0.3 is 6.18 Å². The van der Waals surface area contributed by atoms with E-state index >= 15 is 0 Å². The second-order valence-corrected chi connectivity index (χ2v) is 9.49. The van der Waals surface area contributed by atoms with Gasteiger partial charge in [-0.2, -0.15) is 13.2 Å². The Morgan fingerprint density at radius 3 is 2.18 bits per heavy atom. The molecule has 3 aromatic carbocycles. The number of benzene rings is 3. The van der Waals surface area contributed by atoms with E-state index in [2.05, 4.69) is 33.2 Å². The van der Waals surface area contributed by atoms with Crippen molar-refractivity contribution in [2.24, 2.45) is 0 Å². The summed E-state index contributed by atoms with van der Waals surface area (Å²) < 4.78 is 57.4. The lowest BCUT2D eigenvalue weighted by atomic mass is 9.91. The van der Waals surface area contributed by atoms with E-state index in [9.17, 15) is 22.4 Å². The maximum atomic E-state index is 13.0. The van der Waals surface area contributed by atoms with Crippen molar-refractivity contribution < 1.29 is 34.7 Å². The largest absolute Gasteiger partial charge is 0.458 e. The molecule has 44 heavy (non-hydrogen) atoms. The molecule has 0 spiro atoms. The highest BCUT2D eigenvalue weighted by atomic mass is 19.4. The molecule has 0 amide bonds. The van der Waals surface area contributed by atoms with E-state index in [0.717, 1.165) is 41.5 Å². The van der Waals surface area contributed by atoms with E-state index in [1.807, 2.05) is 45.0 Å². The maximum absolute atomic E-state index is 13.0. The van der Waals surface area contributed by atoms with Crippen molar-refractivity contribution in [3.8, 4) is 36.0 Å². The number of carbonyl (C=O) groups is 1. The van der Waals surface area contributed by atoms with E-state index < -0.39 is 12.1 Å². The predicted molar refractivity (Wildman–Crippen MR) is 172 cm³/mol. The van der Waals surface area contributed by atoms with Crippen LogP contribution in [0.1, 0.15) is 68.8 Å². The summed E-state index contributed by atoms with van der Waals surface area (Å²) in [6.07, 6.45) is 3.96. The van der Waals surface area contributed by atoms with Crippen molar-refractivity contribution in [1.82, 2.24) is 0 Å². The molecule has 0 N–H and O–H groups in total. The molecule has 1 atom stereocenters. The number of ether oxygens (including phenoxy) is 2. The summed E-state index contributed by atoms with van der Waals surface area (Å²) in [5, 5.41) is 0. The molecule has 0 bridgehead atoms. The van der Waals surface area contributed by atoms with Crippen LogP contribution in [-0.2, 0) is 27.1 Å². The Kier molecular flexibility index (Phi) is 17.6. The molecular formula is C37H42F4O3. The number of ketones is 1. The van der Waals surface area contributed by atoms with Crippen molar-refractivity contribution in [3.63, 3.8) is 0 Å². The standard InChI is InChI=1S/C22H19FO.C12H11F3.C3H8O2.2H2/c1-4-6-7-19-14-17(9-8-16(19)3)15-22(24)21(5-2)18-10-12-20(23)13-11-18;1-2-4-10-5-3-6-11(9-10)7-8-12(13,14)15;1-4-3-5-2;;/h2,8-14,21H,4,15H2,1,3H3;3,5-6,9H,2,4H2,1H3;3H2,1-2H3;2*1H. The zero-order valence-corrected chi connectivity index (χ0v) is 25.8. The van der Waals surface area contributed by atoms with Gasteiger partial charge in [0.05, 0.1) is 0 Å². The van der Waals surface area contributed by atoms with Gasteiger partial charge in [-0.15, -0.1) is 6.42 Å². The van der Waals surface area contributed by atoms with Gasteiger partial charge in [-0.25, -0.2) is 4.39 Å². The van der Waals surface area contributed by atoms with Crippen LogP contribution in [0.5, 0.6) is 0 Å². The lowest BCUT2D eigenvalue weighted by Gasteiger charge is -2.11. The van der Waals surface area contributed by atoms with E-state index in [1.165, 1.54) is 18.1 Å². The Morgan fingerprint density at radius 1 is 0.955 bits per heavy atom. The molecule has 0 aliphatic heterocycles. The van der Waals surface area contributed by atoms with Gasteiger partial charge in [0.25, 0.3) is 0 Å². The minimum Gasteiger partial charge on any atom is -0.359 e. The number of aryl methyl sites for hydroxylation is 2. The van der Waals surface area contributed by atoms with Gasteiger partial charge in [-0.1, -0.05) is 80.3 Å². The van der Waals surface area contributed by atoms with E-state index in [1.54, 1.807) is 44.6 Å². The van der Waals surface area contributed by atoms with Gasteiger partial charge in [0.1, 0.15) is 18.5 Å². The fourth-order valence-corrected chi connectivity index (χ4v) is 3.79. The van der Waals surface area contributed by atoms with Crippen LogP contribution in [0.3, 0.4) is 0 Å². The Hall–Kier alpha value is -4.35. The Labute approximate surface area is 262 Å². The summed E-state index contributed by atoms with van der Waals surface area (Å²) in [4.78, 5) is 12.6. The van der Waals surface area contributed by atoms with Gasteiger partial charge in [0.2, 0.25) is 0 Å². The minimum atomic E-state index is -4.42. The molecule has 0 heterocycles. The fraction of sp³-hybridized carbons (Fsp3) is 0.324. The molecule has 0 aromatic heterocycles. The van der Waals surface area contributed by atoms with Crippen LogP contribution in [0, 0.1) is 48.8 Å². The zero-order chi connectivity index (χ0) is 33.0. The number of carbonyl (C=O) groups excluding carboxylic acids is 1. The number of Topliss-reactive ketones (excluding diaryl/α,β-unsaturated/α-hetero) is 1. The smallest absolute Gasteiger partial charge is 0.359 e. The van der Waals surface area contributed by atoms with Crippen LogP contribution in [-0.4, -0.2) is 33.0 Å². The summed E-state index contributed by atoms with van der Waals surface area (Å²) >= 11 is 0. The van der Waals surface area contributed by atoms with Crippen LogP contribution in [0.15, 0.2) is 66.7 Å². The highest BCUT2D eigenvalue weighted by Gasteiger charge is 2.23. The van der Waals surface area contributed by atoms with Crippen LogP contribution in [0.2, 0.25) is 0 Å². The first-order valence-corrected chi connectivity index (χ1v) is 14.0. The van der Waals surface area contributed by atoms with Gasteiger partial charge in [-0.05, 0) is 65.9 Å². The molecule has 3 aromatic rings. The van der Waals surface area contributed by atoms with E-state index in [-0.39, 0.29) is 20.9 Å². The lowest BCUT2D eigenvalue weighted by Crippen LogP contribution is -2.13. The zero-order valence-electron chi connectivity index (χ0n) is 25.8. The number of alkyl halides is 3. The van der Waals surface area contributed by atoms with Crippen LogP contribution in [0.25, 0.3) is 0 Å². The molecule has 7 heteroatoms. The number of terminal acetylenes is 1. The number of methoxy groups -OCH3 is 2. The molecule has 0 saturated carbocycles. The molecule has 0 fully saturated rings. The molecule has 0 aliphatic rings. The quantitative estimate of drug-likeness (QED) is 0.145. The van der Waals surface area contributed by atoms with Crippen molar-refractivity contribution in [2.45, 2.75) is 58.5 Å². The van der Waals surface area contributed by atoms with Gasteiger partial charge in [0, 0.05) is 47.0 Å². The van der Waals surface area contributed by atoms with Crippen LogP contribution < -0.4 is 0 Å². The molecule has 0 saturated heterocycles. The number of hydrogen-bond acceptors (Lipinski definition) is 3. The molecule has 1 unspecified atom stereocenters. The highest BCUT2D eigenvalue weighted by Crippen LogP contribution is 2.20. The molecular weight excluding hydrogens is 568 g/mol. The summed E-state index contributed by atoms with van der Waals surface area (Å²) in [6, 6.07) is 18.5. The van der Waals surface area contributed by atoms with Gasteiger partial charge < -0.3 is 9.47 Å².